The number of halogens is 1. The lowest BCUT2D eigenvalue weighted by atomic mass is 9.90. The maximum Gasteiger partial charge on any atom is 0.251 e. The Hall–Kier alpha value is -2.38. The molecule has 2 aromatic rings. The average molecular weight is 378 g/mol. The van der Waals surface area contributed by atoms with Crippen LogP contribution in [0.25, 0.3) is 0 Å². The molecule has 1 aliphatic heterocycles. The number of aryl methyl sites for hydroxylation is 1. The second-order valence-electron chi connectivity index (χ2n) is 6.31. The van der Waals surface area contributed by atoms with Crippen LogP contribution in [0.1, 0.15) is 27.4 Å². The van der Waals surface area contributed by atoms with Gasteiger partial charge in [0.25, 0.3) is 5.91 Å². The molecule has 1 fully saturated rings. The number of carbonyl (C=O) groups is 2. The SMILES string of the molecule is CNC(=O)c1ccc(CNC(=O)[C@H]2CNC[C@@H]2c2cnn(C)c2)cc1.Cl. The minimum Gasteiger partial charge on any atom is -0.355 e. The van der Waals surface area contributed by atoms with Crippen molar-refractivity contribution >= 4 is 24.2 Å². The van der Waals surface area contributed by atoms with E-state index in [0.717, 1.165) is 17.7 Å². The van der Waals surface area contributed by atoms with Crippen molar-refractivity contribution in [1.29, 1.82) is 0 Å². The monoisotopic (exact) mass is 377 g/mol. The van der Waals surface area contributed by atoms with Crippen LogP contribution in [0.5, 0.6) is 0 Å². The summed E-state index contributed by atoms with van der Waals surface area (Å²) in [6.07, 6.45) is 3.80. The van der Waals surface area contributed by atoms with Gasteiger partial charge in [-0.3, -0.25) is 14.3 Å². The molecule has 3 rings (SSSR count). The van der Waals surface area contributed by atoms with E-state index in [2.05, 4.69) is 21.0 Å². The normalized spacial score (nSPS) is 18.8. The van der Waals surface area contributed by atoms with Gasteiger partial charge in [-0.05, 0) is 23.3 Å². The van der Waals surface area contributed by atoms with Gasteiger partial charge in [0.05, 0.1) is 12.1 Å². The van der Waals surface area contributed by atoms with Crippen LogP contribution in [0.15, 0.2) is 36.7 Å². The molecular weight excluding hydrogens is 354 g/mol. The first kappa shape index (κ1) is 19.9. The van der Waals surface area contributed by atoms with E-state index in [1.807, 2.05) is 31.6 Å². The van der Waals surface area contributed by atoms with Crippen molar-refractivity contribution in [2.75, 3.05) is 20.1 Å². The fourth-order valence-corrected chi connectivity index (χ4v) is 3.17. The third-order valence-corrected chi connectivity index (χ3v) is 4.61. The fourth-order valence-electron chi connectivity index (χ4n) is 3.17. The zero-order valence-corrected chi connectivity index (χ0v) is 15.7. The average Bonchev–Trinajstić information content (AvgIpc) is 3.28. The van der Waals surface area contributed by atoms with Crippen LogP contribution in [0.2, 0.25) is 0 Å². The third kappa shape index (κ3) is 4.42. The number of aromatic nitrogens is 2. The number of hydrogen-bond donors (Lipinski definition) is 3. The molecule has 1 saturated heterocycles. The van der Waals surface area contributed by atoms with Gasteiger partial charge in [-0.15, -0.1) is 12.4 Å². The van der Waals surface area contributed by atoms with Crippen LogP contribution in [-0.2, 0) is 18.4 Å². The van der Waals surface area contributed by atoms with Crippen molar-refractivity contribution < 1.29 is 9.59 Å². The Balaban J connectivity index is 0.00000243. The standard InChI is InChI=1S/C18H23N5O2.ClH/c1-19-17(24)13-5-3-12(4-6-13)7-21-18(25)16-10-20-9-15(16)14-8-22-23(2)11-14;/h3-6,8,11,15-16,20H,7,9-10H2,1-2H3,(H,19,24)(H,21,25);1H/t15-,16+;/m1./s1. The number of benzene rings is 1. The second-order valence-corrected chi connectivity index (χ2v) is 6.31. The van der Waals surface area contributed by atoms with Crippen molar-refractivity contribution in [3.8, 4) is 0 Å². The molecule has 0 saturated carbocycles. The Bertz CT molecular complexity index is 759. The van der Waals surface area contributed by atoms with Crippen molar-refractivity contribution in [2.45, 2.75) is 12.5 Å². The first-order valence-electron chi connectivity index (χ1n) is 8.36. The van der Waals surface area contributed by atoms with E-state index in [1.54, 1.807) is 23.9 Å². The number of rotatable bonds is 5. The number of amides is 2. The quantitative estimate of drug-likeness (QED) is 0.720. The van der Waals surface area contributed by atoms with E-state index in [9.17, 15) is 9.59 Å². The molecule has 0 aliphatic carbocycles. The summed E-state index contributed by atoms with van der Waals surface area (Å²) in [5, 5.41) is 13.1. The van der Waals surface area contributed by atoms with E-state index in [1.165, 1.54) is 0 Å². The molecular formula is C18H24ClN5O2. The van der Waals surface area contributed by atoms with E-state index in [0.29, 0.717) is 18.7 Å². The molecule has 7 nitrogen and oxygen atoms in total. The summed E-state index contributed by atoms with van der Waals surface area (Å²) in [4.78, 5) is 24.1. The topological polar surface area (TPSA) is 88.1 Å². The van der Waals surface area contributed by atoms with Crippen LogP contribution in [0, 0.1) is 5.92 Å². The molecule has 0 unspecified atom stereocenters. The summed E-state index contributed by atoms with van der Waals surface area (Å²) in [6, 6.07) is 7.23. The number of carbonyl (C=O) groups excluding carboxylic acids is 2. The molecule has 0 spiro atoms. The lowest BCUT2D eigenvalue weighted by Crippen LogP contribution is -2.34. The summed E-state index contributed by atoms with van der Waals surface area (Å²) in [5.41, 5.74) is 2.65. The van der Waals surface area contributed by atoms with Gasteiger partial charge in [-0.25, -0.2) is 0 Å². The van der Waals surface area contributed by atoms with Gasteiger partial charge in [0.1, 0.15) is 0 Å². The highest BCUT2D eigenvalue weighted by molar-refractivity contribution is 5.93. The van der Waals surface area contributed by atoms with Crippen molar-refractivity contribution in [3.05, 3.63) is 53.3 Å². The lowest BCUT2D eigenvalue weighted by Gasteiger charge is -2.17. The van der Waals surface area contributed by atoms with E-state index >= 15 is 0 Å². The molecule has 1 aromatic carbocycles. The lowest BCUT2D eigenvalue weighted by molar-refractivity contribution is -0.125. The molecule has 2 heterocycles. The van der Waals surface area contributed by atoms with Crippen molar-refractivity contribution in [2.24, 2.45) is 13.0 Å². The van der Waals surface area contributed by atoms with Gasteiger partial charge >= 0.3 is 0 Å². The maximum atomic E-state index is 12.6. The zero-order chi connectivity index (χ0) is 17.8. The van der Waals surface area contributed by atoms with Crippen LogP contribution in [0.4, 0.5) is 0 Å². The summed E-state index contributed by atoms with van der Waals surface area (Å²) in [5.74, 6) is -0.0418. The largest absolute Gasteiger partial charge is 0.355 e. The highest BCUT2D eigenvalue weighted by Crippen LogP contribution is 2.27. The minimum atomic E-state index is -0.119. The first-order chi connectivity index (χ1) is 12.1. The maximum absolute atomic E-state index is 12.6. The van der Waals surface area contributed by atoms with Gasteiger partial charge in [-0.2, -0.15) is 5.10 Å². The minimum absolute atomic E-state index is 0. The molecule has 3 N–H and O–H groups in total. The van der Waals surface area contributed by atoms with Crippen LogP contribution in [0.3, 0.4) is 0 Å². The Morgan fingerprint density at radius 3 is 2.62 bits per heavy atom. The van der Waals surface area contributed by atoms with Crippen LogP contribution >= 0.6 is 12.4 Å². The number of nitrogens with one attached hydrogen (secondary N) is 3. The molecule has 0 radical (unpaired) electrons. The summed E-state index contributed by atoms with van der Waals surface area (Å²) < 4.78 is 1.76. The molecule has 2 atom stereocenters. The summed E-state index contributed by atoms with van der Waals surface area (Å²) >= 11 is 0. The molecule has 1 aromatic heterocycles. The Morgan fingerprint density at radius 2 is 2.00 bits per heavy atom. The van der Waals surface area contributed by atoms with Crippen LogP contribution in [-0.4, -0.2) is 41.7 Å². The van der Waals surface area contributed by atoms with Gasteiger partial charge in [0, 0.05) is 51.4 Å². The van der Waals surface area contributed by atoms with Gasteiger partial charge in [-0.1, -0.05) is 12.1 Å². The molecule has 8 heteroatoms. The zero-order valence-electron chi connectivity index (χ0n) is 14.9. The predicted octanol–water partition coefficient (Wildman–Crippen LogP) is 0.821. The Kier molecular flexibility index (Phi) is 6.76. The van der Waals surface area contributed by atoms with Gasteiger partial charge in [0.2, 0.25) is 5.91 Å². The molecule has 26 heavy (non-hydrogen) atoms. The number of hydrogen-bond acceptors (Lipinski definition) is 4. The van der Waals surface area contributed by atoms with Crippen molar-refractivity contribution in [1.82, 2.24) is 25.7 Å². The Labute approximate surface area is 159 Å². The Morgan fingerprint density at radius 1 is 1.27 bits per heavy atom. The van der Waals surface area contributed by atoms with Crippen LogP contribution < -0.4 is 16.0 Å². The van der Waals surface area contributed by atoms with Crippen molar-refractivity contribution in [3.63, 3.8) is 0 Å². The third-order valence-electron chi connectivity index (χ3n) is 4.61. The highest BCUT2D eigenvalue weighted by Gasteiger charge is 2.34. The first-order valence-corrected chi connectivity index (χ1v) is 8.36. The van der Waals surface area contributed by atoms with E-state index in [-0.39, 0.29) is 36.1 Å². The predicted molar refractivity (Wildman–Crippen MR) is 101 cm³/mol. The second kappa shape index (κ2) is 8.82. The van der Waals surface area contributed by atoms with Gasteiger partial charge < -0.3 is 16.0 Å². The van der Waals surface area contributed by atoms with E-state index in [4.69, 9.17) is 0 Å². The fraction of sp³-hybridized carbons (Fsp3) is 0.389. The molecule has 140 valence electrons. The van der Waals surface area contributed by atoms with Gasteiger partial charge in [0.15, 0.2) is 0 Å². The molecule has 1 aliphatic rings. The molecule has 0 bridgehead atoms. The summed E-state index contributed by atoms with van der Waals surface area (Å²) in [6.45, 7) is 1.90. The molecule has 2 amide bonds. The summed E-state index contributed by atoms with van der Waals surface area (Å²) in [7, 11) is 3.48. The highest BCUT2D eigenvalue weighted by atomic mass is 35.5. The number of nitrogens with zero attached hydrogens (tertiary/aromatic N) is 2. The smallest absolute Gasteiger partial charge is 0.251 e. The van der Waals surface area contributed by atoms with E-state index < -0.39 is 0 Å².